The van der Waals surface area contributed by atoms with Crippen molar-refractivity contribution in [3.63, 3.8) is 0 Å². The summed E-state index contributed by atoms with van der Waals surface area (Å²) in [5.41, 5.74) is 7.69. The van der Waals surface area contributed by atoms with Crippen LogP contribution in [0.25, 0.3) is 0 Å². The van der Waals surface area contributed by atoms with Crippen LogP contribution in [0, 0.1) is 6.92 Å². The van der Waals surface area contributed by atoms with Gasteiger partial charge in [-0.15, -0.1) is 0 Å². The highest BCUT2D eigenvalue weighted by molar-refractivity contribution is 7.93. The molecule has 0 aliphatic heterocycles. The van der Waals surface area contributed by atoms with Gasteiger partial charge in [-0.1, -0.05) is 0 Å². The Morgan fingerprint density at radius 1 is 1.40 bits per heavy atom. The molecule has 3 N–H and O–H groups in total. The maximum absolute atomic E-state index is 11.7. The first-order valence-electron chi connectivity index (χ1n) is 4.87. The number of nitrogens with two attached hydrogens (primary N) is 1. The van der Waals surface area contributed by atoms with Crippen molar-refractivity contribution in [2.75, 3.05) is 10.5 Å². The molecule has 0 atom stereocenters. The second-order valence-corrected chi connectivity index (χ2v) is 5.88. The number of nitrogens with one attached hydrogen (secondary N) is 1. The molecule has 0 spiro atoms. The van der Waals surface area contributed by atoms with E-state index in [2.05, 4.69) is 4.72 Å². The molecule has 0 amide bonds. The molecule has 0 aromatic heterocycles. The van der Waals surface area contributed by atoms with Gasteiger partial charge in [-0.2, -0.15) is 0 Å². The molecule has 82 valence electrons. The Kier molecular flexibility index (Phi) is 2.34. The molecule has 1 aliphatic carbocycles. The van der Waals surface area contributed by atoms with E-state index in [-0.39, 0.29) is 5.25 Å². The van der Waals surface area contributed by atoms with E-state index in [1.165, 1.54) is 0 Å². The number of benzene rings is 1. The van der Waals surface area contributed by atoms with Crippen molar-refractivity contribution in [3.05, 3.63) is 23.8 Å². The Balaban J connectivity index is 2.24. The van der Waals surface area contributed by atoms with Crippen molar-refractivity contribution in [2.24, 2.45) is 0 Å². The van der Waals surface area contributed by atoms with Crippen LogP contribution < -0.4 is 10.5 Å². The third-order valence-electron chi connectivity index (χ3n) is 2.47. The lowest BCUT2D eigenvalue weighted by atomic mass is 10.2. The molecule has 1 aromatic rings. The molecule has 1 aliphatic rings. The van der Waals surface area contributed by atoms with Gasteiger partial charge in [-0.25, -0.2) is 8.42 Å². The van der Waals surface area contributed by atoms with E-state index in [0.717, 1.165) is 18.4 Å². The molecule has 0 unspecified atom stereocenters. The van der Waals surface area contributed by atoms with Gasteiger partial charge in [0, 0.05) is 5.69 Å². The van der Waals surface area contributed by atoms with E-state index in [1.807, 2.05) is 6.92 Å². The largest absolute Gasteiger partial charge is 0.399 e. The van der Waals surface area contributed by atoms with Gasteiger partial charge >= 0.3 is 0 Å². The van der Waals surface area contributed by atoms with Crippen LogP contribution >= 0.6 is 0 Å². The monoisotopic (exact) mass is 226 g/mol. The van der Waals surface area contributed by atoms with Crippen LogP contribution in [-0.4, -0.2) is 13.7 Å². The van der Waals surface area contributed by atoms with Crippen LogP contribution in [0.5, 0.6) is 0 Å². The fraction of sp³-hybridized carbons (Fsp3) is 0.400. The number of nitrogen functional groups attached to an aromatic ring is 1. The summed E-state index contributed by atoms with van der Waals surface area (Å²) in [5.74, 6) is 0. The highest BCUT2D eigenvalue weighted by atomic mass is 32.2. The Labute approximate surface area is 89.5 Å². The summed E-state index contributed by atoms with van der Waals surface area (Å²) in [6.45, 7) is 1.83. The number of sulfonamides is 1. The number of aryl methyl sites for hydroxylation is 1. The Bertz CT molecular complexity index is 478. The zero-order valence-corrected chi connectivity index (χ0v) is 9.34. The maximum atomic E-state index is 11.7. The zero-order valence-electron chi connectivity index (χ0n) is 8.53. The molecule has 4 nitrogen and oxygen atoms in total. The van der Waals surface area contributed by atoms with Gasteiger partial charge in [0.25, 0.3) is 0 Å². The fourth-order valence-electron chi connectivity index (χ4n) is 1.42. The van der Waals surface area contributed by atoms with E-state index >= 15 is 0 Å². The van der Waals surface area contributed by atoms with Gasteiger partial charge in [-0.05, 0) is 43.5 Å². The minimum absolute atomic E-state index is 0.200. The van der Waals surface area contributed by atoms with Gasteiger partial charge in [0.05, 0.1) is 10.9 Å². The molecule has 1 fully saturated rings. The molecule has 0 bridgehead atoms. The average molecular weight is 226 g/mol. The minimum Gasteiger partial charge on any atom is -0.399 e. The number of rotatable bonds is 3. The third-order valence-corrected chi connectivity index (χ3v) is 4.32. The van der Waals surface area contributed by atoms with Crippen molar-refractivity contribution in [2.45, 2.75) is 25.0 Å². The molecule has 2 rings (SSSR count). The summed E-state index contributed by atoms with van der Waals surface area (Å²) in [7, 11) is -3.17. The minimum atomic E-state index is -3.17. The summed E-state index contributed by atoms with van der Waals surface area (Å²) < 4.78 is 25.9. The van der Waals surface area contributed by atoms with E-state index in [0.29, 0.717) is 11.4 Å². The number of hydrogen-bond acceptors (Lipinski definition) is 3. The van der Waals surface area contributed by atoms with E-state index in [4.69, 9.17) is 5.73 Å². The molecule has 1 aromatic carbocycles. The molecule has 0 radical (unpaired) electrons. The highest BCUT2D eigenvalue weighted by Crippen LogP contribution is 2.30. The topological polar surface area (TPSA) is 72.2 Å². The fourth-order valence-corrected chi connectivity index (χ4v) is 2.88. The van der Waals surface area contributed by atoms with Gasteiger partial charge in [0.2, 0.25) is 10.0 Å². The number of anilines is 2. The van der Waals surface area contributed by atoms with Crippen LogP contribution in [0.2, 0.25) is 0 Å². The van der Waals surface area contributed by atoms with Crippen LogP contribution in [0.1, 0.15) is 18.4 Å². The Morgan fingerprint density at radius 3 is 2.60 bits per heavy atom. The van der Waals surface area contributed by atoms with Gasteiger partial charge in [-0.3, -0.25) is 4.72 Å². The molecule has 15 heavy (non-hydrogen) atoms. The average Bonchev–Trinajstić information content (AvgIpc) is 2.92. The van der Waals surface area contributed by atoms with Crippen molar-refractivity contribution >= 4 is 21.4 Å². The van der Waals surface area contributed by atoms with Gasteiger partial charge in [0.15, 0.2) is 0 Å². The second-order valence-electron chi connectivity index (χ2n) is 3.92. The van der Waals surface area contributed by atoms with Gasteiger partial charge < -0.3 is 5.73 Å². The summed E-state index contributed by atoms with van der Waals surface area (Å²) in [6.07, 6.45) is 1.53. The smallest absolute Gasteiger partial charge is 0.235 e. The lowest BCUT2D eigenvalue weighted by Crippen LogP contribution is -2.17. The first-order chi connectivity index (χ1) is 6.99. The summed E-state index contributed by atoms with van der Waals surface area (Å²) in [4.78, 5) is 0. The standard InChI is InChI=1S/C10H14N2O2S/c1-7-6-8(11)2-5-10(7)12-15(13,14)9-3-4-9/h2,5-6,9,12H,3-4,11H2,1H3. The Hall–Kier alpha value is -1.23. The predicted molar refractivity (Wildman–Crippen MR) is 61.2 cm³/mol. The zero-order chi connectivity index (χ0) is 11.1. The lowest BCUT2D eigenvalue weighted by Gasteiger charge is -2.10. The van der Waals surface area contributed by atoms with Crippen molar-refractivity contribution < 1.29 is 8.42 Å². The van der Waals surface area contributed by atoms with Crippen LogP contribution in [-0.2, 0) is 10.0 Å². The van der Waals surface area contributed by atoms with Crippen molar-refractivity contribution in [1.29, 1.82) is 0 Å². The summed E-state index contributed by atoms with van der Waals surface area (Å²) >= 11 is 0. The number of hydrogen-bond donors (Lipinski definition) is 2. The quantitative estimate of drug-likeness (QED) is 0.767. The van der Waals surface area contributed by atoms with E-state index in [9.17, 15) is 8.42 Å². The summed E-state index contributed by atoms with van der Waals surface area (Å²) in [5, 5.41) is -0.200. The van der Waals surface area contributed by atoms with E-state index < -0.39 is 10.0 Å². The van der Waals surface area contributed by atoms with Crippen molar-refractivity contribution in [1.82, 2.24) is 0 Å². The summed E-state index contributed by atoms with van der Waals surface area (Å²) in [6, 6.07) is 5.15. The Morgan fingerprint density at radius 2 is 2.07 bits per heavy atom. The maximum Gasteiger partial charge on any atom is 0.235 e. The molecular weight excluding hydrogens is 212 g/mol. The van der Waals surface area contributed by atoms with Crippen LogP contribution in [0.3, 0.4) is 0 Å². The van der Waals surface area contributed by atoms with E-state index in [1.54, 1.807) is 18.2 Å². The molecule has 5 heteroatoms. The molecule has 1 saturated carbocycles. The third kappa shape index (κ3) is 2.23. The normalized spacial score (nSPS) is 16.3. The van der Waals surface area contributed by atoms with Crippen LogP contribution in [0.4, 0.5) is 11.4 Å². The second kappa shape index (κ2) is 3.41. The van der Waals surface area contributed by atoms with Crippen LogP contribution in [0.15, 0.2) is 18.2 Å². The molecule has 0 heterocycles. The molecule has 0 saturated heterocycles. The van der Waals surface area contributed by atoms with Gasteiger partial charge in [0.1, 0.15) is 0 Å². The first kappa shape index (κ1) is 10.3. The predicted octanol–water partition coefficient (Wildman–Crippen LogP) is 1.48. The first-order valence-corrected chi connectivity index (χ1v) is 6.41. The lowest BCUT2D eigenvalue weighted by molar-refractivity contribution is 0.600. The van der Waals surface area contributed by atoms with Crippen molar-refractivity contribution in [3.8, 4) is 0 Å². The SMILES string of the molecule is Cc1cc(N)ccc1NS(=O)(=O)C1CC1. The molecular formula is C10H14N2O2S. The highest BCUT2D eigenvalue weighted by Gasteiger charge is 2.35.